The first-order valence-corrected chi connectivity index (χ1v) is 34.5. The summed E-state index contributed by atoms with van der Waals surface area (Å²) in [6.07, 6.45) is 12.7. The van der Waals surface area contributed by atoms with Crippen LogP contribution in [-0.4, -0.2) is 5.11 Å². The SMILES string of the molecule is CC(C)c1ccccc1-c1cccc(-c2cccc(N(c3ccc(C4CCCCC4)cc3)c3cc(C(C)C)c4ccc5c(N(c6ccc(C7CCCCC7)cc6)c6cccc7c6oc6c(-c8ccccc8C(C)C)cccc67)cc(C(C)C)c6ccc3c4c65)c2O)c1. The molecule has 0 atom stereocenters. The lowest BCUT2D eigenvalue weighted by Gasteiger charge is -2.32. The van der Waals surface area contributed by atoms with Crippen molar-refractivity contribution < 1.29 is 9.52 Å². The molecule has 2 aliphatic carbocycles. The number of phenolic OH excluding ortho intramolecular Hbond substituents is 1. The first-order valence-electron chi connectivity index (χ1n) is 34.5. The quantitative estimate of drug-likeness (QED) is 0.104. The Morgan fingerprint density at radius 2 is 0.739 bits per heavy atom. The van der Waals surface area contributed by atoms with E-state index in [1.54, 1.807) is 0 Å². The Hall–Kier alpha value is -9.12. The van der Waals surface area contributed by atoms with Gasteiger partial charge in [0.2, 0.25) is 0 Å². The van der Waals surface area contributed by atoms with Gasteiger partial charge in [0.25, 0.3) is 0 Å². The fourth-order valence-corrected chi connectivity index (χ4v) is 16.3. The Labute approximate surface area is 544 Å². The molecule has 0 unspecified atom stereocenters. The van der Waals surface area contributed by atoms with Crippen LogP contribution in [0, 0.1) is 0 Å². The first kappa shape index (κ1) is 59.2. The van der Waals surface area contributed by atoms with Crippen LogP contribution >= 0.6 is 0 Å². The third-order valence-corrected chi connectivity index (χ3v) is 21.0. The predicted octanol–water partition coefficient (Wildman–Crippen LogP) is 26.7. The lowest BCUT2D eigenvalue weighted by Crippen LogP contribution is -2.14. The van der Waals surface area contributed by atoms with Crippen LogP contribution in [0.25, 0.3) is 87.6 Å². The van der Waals surface area contributed by atoms with E-state index in [4.69, 9.17) is 4.42 Å². The lowest BCUT2D eigenvalue weighted by atomic mass is 9.83. The molecular formula is C88H86N2O2. The second kappa shape index (κ2) is 24.5. The molecule has 15 rings (SSSR count). The van der Waals surface area contributed by atoms with Crippen molar-refractivity contribution in [3.63, 3.8) is 0 Å². The van der Waals surface area contributed by atoms with E-state index in [9.17, 15) is 5.11 Å². The maximum absolute atomic E-state index is 13.3. The fraction of sp³-hybridized carbons (Fsp3) is 0.273. The van der Waals surface area contributed by atoms with Crippen molar-refractivity contribution in [2.45, 2.75) is 155 Å². The number of anilines is 6. The van der Waals surface area contributed by atoms with Crippen molar-refractivity contribution in [2.75, 3.05) is 9.80 Å². The van der Waals surface area contributed by atoms with Crippen molar-refractivity contribution in [3.05, 3.63) is 246 Å². The van der Waals surface area contributed by atoms with Gasteiger partial charge in [0.1, 0.15) is 11.3 Å². The normalized spacial score (nSPS) is 14.4. The zero-order valence-electron chi connectivity index (χ0n) is 55.0. The van der Waals surface area contributed by atoms with E-state index in [1.165, 1.54) is 136 Å². The van der Waals surface area contributed by atoms with Gasteiger partial charge in [-0.25, -0.2) is 0 Å². The zero-order valence-corrected chi connectivity index (χ0v) is 55.0. The average molecular weight is 1200 g/mol. The smallest absolute Gasteiger partial charge is 0.159 e. The minimum absolute atomic E-state index is 0.177. The molecule has 0 aliphatic heterocycles. The van der Waals surface area contributed by atoms with Crippen LogP contribution < -0.4 is 9.80 Å². The van der Waals surface area contributed by atoms with Crippen LogP contribution in [0.3, 0.4) is 0 Å². The number of furan rings is 1. The van der Waals surface area contributed by atoms with Crippen LogP contribution in [0.4, 0.5) is 34.1 Å². The van der Waals surface area contributed by atoms with E-state index in [1.807, 2.05) is 0 Å². The van der Waals surface area contributed by atoms with Gasteiger partial charge in [-0.2, -0.15) is 0 Å². The number of hydrogen-bond donors (Lipinski definition) is 1. The highest BCUT2D eigenvalue weighted by molar-refractivity contribution is 6.30. The number of para-hydroxylation sites is 3. The van der Waals surface area contributed by atoms with Gasteiger partial charge < -0.3 is 19.3 Å². The predicted molar refractivity (Wildman–Crippen MR) is 393 cm³/mol. The summed E-state index contributed by atoms with van der Waals surface area (Å²) in [4.78, 5) is 4.90. The van der Waals surface area contributed by atoms with Crippen molar-refractivity contribution in [3.8, 4) is 39.1 Å². The molecule has 4 heteroatoms. The van der Waals surface area contributed by atoms with Crippen molar-refractivity contribution in [1.29, 1.82) is 0 Å². The molecule has 4 nitrogen and oxygen atoms in total. The highest BCUT2D eigenvalue weighted by atomic mass is 16.3. The third-order valence-electron chi connectivity index (χ3n) is 21.0. The van der Waals surface area contributed by atoms with E-state index in [-0.39, 0.29) is 17.6 Å². The van der Waals surface area contributed by atoms with E-state index in [0.29, 0.717) is 23.7 Å². The molecule has 0 spiro atoms. The molecule has 13 aromatic rings. The molecule has 2 aliphatic rings. The van der Waals surface area contributed by atoms with Crippen LogP contribution in [0.1, 0.15) is 188 Å². The molecule has 0 saturated heterocycles. The van der Waals surface area contributed by atoms with E-state index < -0.39 is 0 Å². The van der Waals surface area contributed by atoms with Gasteiger partial charge in [0.15, 0.2) is 5.58 Å². The maximum Gasteiger partial charge on any atom is 0.159 e. The summed E-state index contributed by atoms with van der Waals surface area (Å²) < 4.78 is 7.48. The van der Waals surface area contributed by atoms with Crippen molar-refractivity contribution >= 4 is 88.4 Å². The number of fused-ring (bicyclic) bond motifs is 3. The largest absolute Gasteiger partial charge is 0.505 e. The van der Waals surface area contributed by atoms with Gasteiger partial charge in [0.05, 0.1) is 22.7 Å². The summed E-state index contributed by atoms with van der Waals surface area (Å²) in [5.41, 5.74) is 22.3. The maximum atomic E-state index is 13.3. The van der Waals surface area contributed by atoms with Gasteiger partial charge >= 0.3 is 0 Å². The standard InChI is InChI=1S/C88H86N2O2/c1-54(2)66-29-15-17-31-68(66)62-27-19-28-63(51-62)69-33-21-37-80(86(69)91)89(64-43-39-60(40-44-64)58-23-11-9-12-24-58)82-52-78(56(5)6)71-48-50-77-83(53-79(57(7)8)72-47-49-76(82)84(71)85(72)77)90(65-45-41-61(42-46-65)59-25-13-10-14-26-59)81-38-22-36-75-74-35-20-34-73(87(74)92-88(75)81)70-32-18-16-30-67(70)55(3)4/h15-22,27-59,91H,9-14,23-26H2,1-8H3. The molecule has 2 saturated carbocycles. The third kappa shape index (κ3) is 10.4. The van der Waals surface area contributed by atoms with Crippen LogP contribution in [0.2, 0.25) is 0 Å². The highest BCUT2D eigenvalue weighted by Gasteiger charge is 2.30. The molecule has 1 heterocycles. The number of benzene rings is 12. The Balaban J connectivity index is 0.979. The number of nitrogens with zero attached hydrogens (tertiary/aromatic N) is 2. The molecule has 1 aromatic heterocycles. The molecule has 92 heavy (non-hydrogen) atoms. The van der Waals surface area contributed by atoms with E-state index in [0.717, 1.165) is 83.7 Å². The highest BCUT2D eigenvalue weighted by Crippen LogP contribution is 2.55. The monoisotopic (exact) mass is 1200 g/mol. The Morgan fingerprint density at radius 1 is 0.326 bits per heavy atom. The molecule has 0 radical (unpaired) electrons. The van der Waals surface area contributed by atoms with Crippen LogP contribution in [-0.2, 0) is 0 Å². The number of phenols is 1. The topological polar surface area (TPSA) is 39.9 Å². The van der Waals surface area contributed by atoms with Crippen LogP contribution in [0.5, 0.6) is 5.75 Å². The summed E-state index contributed by atoms with van der Waals surface area (Å²) in [5.74, 6) is 2.46. The molecule has 2 fully saturated rings. The molecule has 0 amide bonds. The summed E-state index contributed by atoms with van der Waals surface area (Å²) >= 11 is 0. The molecule has 12 aromatic carbocycles. The second-order valence-corrected chi connectivity index (χ2v) is 28.1. The number of rotatable bonds is 15. The van der Waals surface area contributed by atoms with Crippen molar-refractivity contribution in [1.82, 2.24) is 0 Å². The Bertz CT molecular complexity index is 4860. The lowest BCUT2D eigenvalue weighted by molar-refractivity contribution is 0.443. The van der Waals surface area contributed by atoms with Gasteiger partial charge in [-0.1, -0.05) is 252 Å². The Morgan fingerprint density at radius 3 is 1.28 bits per heavy atom. The number of hydrogen-bond acceptors (Lipinski definition) is 4. The minimum atomic E-state index is 0.177. The first-order chi connectivity index (χ1) is 44.9. The molecule has 460 valence electrons. The van der Waals surface area contributed by atoms with Gasteiger partial charge in [-0.15, -0.1) is 0 Å². The van der Waals surface area contributed by atoms with Crippen LogP contribution in [0.15, 0.2) is 217 Å². The average Bonchev–Trinajstić information content (AvgIpc) is 0.752. The zero-order chi connectivity index (χ0) is 62.9. The summed E-state index contributed by atoms with van der Waals surface area (Å²) in [6.45, 7) is 18.5. The Kier molecular flexibility index (Phi) is 15.8. The van der Waals surface area contributed by atoms with Gasteiger partial charge in [-0.3, -0.25) is 0 Å². The molecular weight excluding hydrogens is 1120 g/mol. The summed E-state index contributed by atoms with van der Waals surface area (Å²) in [6, 6.07) is 79.7. The molecule has 1 N–H and O–H groups in total. The van der Waals surface area contributed by atoms with Crippen molar-refractivity contribution in [2.24, 2.45) is 0 Å². The van der Waals surface area contributed by atoms with Gasteiger partial charge in [-0.05, 0) is 193 Å². The van der Waals surface area contributed by atoms with E-state index in [2.05, 4.69) is 278 Å². The number of aromatic hydroxyl groups is 1. The summed E-state index contributed by atoms with van der Waals surface area (Å²) in [7, 11) is 0. The van der Waals surface area contributed by atoms with E-state index >= 15 is 0 Å². The van der Waals surface area contributed by atoms with Gasteiger partial charge in [0, 0.05) is 44.0 Å². The second-order valence-electron chi connectivity index (χ2n) is 28.1. The summed E-state index contributed by atoms with van der Waals surface area (Å²) in [5, 5.41) is 22.8. The minimum Gasteiger partial charge on any atom is -0.505 e. The molecule has 0 bridgehead atoms. The fourth-order valence-electron chi connectivity index (χ4n) is 16.3.